The molecule has 4 aliphatic rings. The second-order valence-electron chi connectivity index (χ2n) is 12.1. The Morgan fingerprint density at radius 3 is 2.23 bits per heavy atom. The number of likely N-dealkylation sites (tertiary alicyclic amines) is 1. The van der Waals surface area contributed by atoms with E-state index >= 15 is 0 Å². The Bertz CT molecular complexity index is 830. The van der Waals surface area contributed by atoms with E-state index in [0.717, 1.165) is 84.0 Å². The first-order valence-corrected chi connectivity index (χ1v) is 15.8. The summed E-state index contributed by atoms with van der Waals surface area (Å²) in [4.78, 5) is 19.4. The largest absolute Gasteiger partial charge is 0.383 e. The molecule has 0 spiro atoms. The fourth-order valence-electron chi connectivity index (χ4n) is 6.57. The highest BCUT2D eigenvalue weighted by Gasteiger charge is 2.22. The van der Waals surface area contributed by atoms with Crippen molar-refractivity contribution in [1.82, 2.24) is 30.0 Å². The molecule has 0 atom stereocenters. The molecule has 4 fully saturated rings. The number of piperazine rings is 1. The van der Waals surface area contributed by atoms with Crippen LogP contribution in [0.3, 0.4) is 0 Å². The first-order valence-electron chi connectivity index (χ1n) is 15.8. The number of rotatable bonds is 12. The summed E-state index contributed by atoms with van der Waals surface area (Å²) < 4.78 is 5.47. The number of hydrogen-bond donors (Lipinski definition) is 3. The van der Waals surface area contributed by atoms with Gasteiger partial charge in [-0.3, -0.25) is 9.80 Å². The molecule has 10 nitrogen and oxygen atoms in total. The summed E-state index contributed by atoms with van der Waals surface area (Å²) in [5.41, 5.74) is 6.20. The van der Waals surface area contributed by atoms with Crippen molar-refractivity contribution in [1.29, 1.82) is 0 Å². The van der Waals surface area contributed by atoms with Gasteiger partial charge in [0.15, 0.2) is 0 Å². The molecule has 5 rings (SSSR count). The van der Waals surface area contributed by atoms with Crippen LogP contribution in [0.15, 0.2) is 6.07 Å². The van der Waals surface area contributed by atoms with Crippen molar-refractivity contribution in [2.75, 3.05) is 114 Å². The molecule has 0 amide bonds. The Morgan fingerprint density at radius 2 is 1.49 bits per heavy atom. The Balaban J connectivity index is 0.973. The van der Waals surface area contributed by atoms with Crippen LogP contribution in [-0.2, 0) is 4.74 Å². The van der Waals surface area contributed by atoms with Gasteiger partial charge in [-0.25, -0.2) is 0 Å². The first kappa shape index (κ1) is 28.8. The van der Waals surface area contributed by atoms with Gasteiger partial charge in [-0.2, -0.15) is 9.97 Å². The van der Waals surface area contributed by atoms with Gasteiger partial charge < -0.3 is 30.9 Å². The summed E-state index contributed by atoms with van der Waals surface area (Å²) >= 11 is 0. The number of anilines is 3. The number of morpholine rings is 1. The van der Waals surface area contributed by atoms with Gasteiger partial charge in [-0.1, -0.05) is 19.3 Å². The molecule has 0 aromatic carbocycles. The van der Waals surface area contributed by atoms with Crippen LogP contribution in [0.4, 0.5) is 17.6 Å². The van der Waals surface area contributed by atoms with Crippen LogP contribution in [0.25, 0.3) is 0 Å². The number of hydrogen-bond acceptors (Lipinski definition) is 10. The molecule has 1 aromatic rings. The molecule has 4 heterocycles. The Morgan fingerprint density at radius 1 is 0.795 bits per heavy atom. The summed E-state index contributed by atoms with van der Waals surface area (Å²) in [6, 6.07) is 2.71. The third-order valence-corrected chi connectivity index (χ3v) is 9.21. The number of nitrogens with two attached hydrogens (primary N) is 1. The van der Waals surface area contributed by atoms with Crippen molar-refractivity contribution < 1.29 is 4.74 Å². The van der Waals surface area contributed by atoms with Crippen LogP contribution in [0.2, 0.25) is 0 Å². The van der Waals surface area contributed by atoms with Crippen LogP contribution < -0.4 is 21.3 Å². The number of nitrogen functional groups attached to an aromatic ring is 1. The van der Waals surface area contributed by atoms with E-state index in [-0.39, 0.29) is 0 Å². The highest BCUT2D eigenvalue weighted by molar-refractivity contribution is 5.51. The van der Waals surface area contributed by atoms with Crippen LogP contribution in [0.1, 0.15) is 51.4 Å². The second kappa shape index (κ2) is 15.3. The Hall–Kier alpha value is -1.72. The van der Waals surface area contributed by atoms with Crippen molar-refractivity contribution in [3.8, 4) is 0 Å². The third-order valence-electron chi connectivity index (χ3n) is 9.21. The fourth-order valence-corrected chi connectivity index (χ4v) is 6.57. The molecule has 3 aliphatic heterocycles. The van der Waals surface area contributed by atoms with E-state index in [2.05, 4.69) is 35.2 Å². The first-order chi connectivity index (χ1) is 19.2. The molecule has 4 N–H and O–H groups in total. The average Bonchev–Trinajstić information content (AvgIpc) is 2.99. The number of ether oxygens (including phenoxy) is 1. The Labute approximate surface area is 236 Å². The third kappa shape index (κ3) is 9.42. The summed E-state index contributed by atoms with van der Waals surface area (Å²) in [6.07, 6.45) is 10.8. The van der Waals surface area contributed by atoms with Gasteiger partial charge in [-0.15, -0.1) is 0 Å². The highest BCUT2D eigenvalue weighted by Crippen LogP contribution is 2.21. The topological polar surface area (TPSA) is 98.0 Å². The number of aromatic nitrogens is 2. The van der Waals surface area contributed by atoms with Crippen LogP contribution >= 0.6 is 0 Å². The van der Waals surface area contributed by atoms with Gasteiger partial charge in [0.05, 0.1) is 13.2 Å². The van der Waals surface area contributed by atoms with Crippen molar-refractivity contribution >= 4 is 17.6 Å². The molecule has 1 saturated carbocycles. The smallest absolute Gasteiger partial charge is 0.226 e. The van der Waals surface area contributed by atoms with E-state index in [1.165, 1.54) is 77.5 Å². The van der Waals surface area contributed by atoms with Gasteiger partial charge in [0.1, 0.15) is 11.6 Å². The van der Waals surface area contributed by atoms with E-state index < -0.39 is 0 Å². The van der Waals surface area contributed by atoms with Gasteiger partial charge in [0, 0.05) is 71.0 Å². The molecule has 10 heteroatoms. The van der Waals surface area contributed by atoms with E-state index in [4.69, 9.17) is 15.5 Å². The number of piperidine rings is 1. The van der Waals surface area contributed by atoms with Crippen LogP contribution in [0.5, 0.6) is 0 Å². The summed E-state index contributed by atoms with van der Waals surface area (Å²) in [5, 5.41) is 7.31. The summed E-state index contributed by atoms with van der Waals surface area (Å²) in [6.45, 7) is 15.9. The average molecular weight is 544 g/mol. The van der Waals surface area contributed by atoms with Gasteiger partial charge in [-0.05, 0) is 64.2 Å². The van der Waals surface area contributed by atoms with E-state index in [1.807, 2.05) is 6.07 Å². The summed E-state index contributed by atoms with van der Waals surface area (Å²) in [7, 11) is 0. The van der Waals surface area contributed by atoms with Crippen molar-refractivity contribution in [2.45, 2.75) is 57.4 Å². The highest BCUT2D eigenvalue weighted by atomic mass is 16.5. The predicted octanol–water partition coefficient (Wildman–Crippen LogP) is 1.95. The van der Waals surface area contributed by atoms with Crippen molar-refractivity contribution in [2.24, 2.45) is 5.92 Å². The lowest BCUT2D eigenvalue weighted by Gasteiger charge is -2.37. The van der Waals surface area contributed by atoms with E-state index in [1.54, 1.807) is 0 Å². The fraction of sp³-hybridized carbons (Fsp3) is 0.862. The zero-order valence-electron chi connectivity index (χ0n) is 24.2. The quantitative estimate of drug-likeness (QED) is 0.339. The zero-order chi connectivity index (χ0) is 26.7. The van der Waals surface area contributed by atoms with E-state index in [9.17, 15) is 0 Å². The molecule has 3 saturated heterocycles. The summed E-state index contributed by atoms with van der Waals surface area (Å²) in [5.74, 6) is 2.85. The lowest BCUT2D eigenvalue weighted by atomic mass is 9.95. The minimum Gasteiger partial charge on any atom is -0.383 e. The standard InChI is InChI=1S/C29H53N9O/c30-27-23-28(38-17-15-36(16-18-38)13-14-37-19-21-39-22-20-37)34-29(33-27)32-24-25-7-11-35(12-8-25)10-4-9-31-26-5-2-1-3-6-26/h23,25-26,31H,1-22,24H2,(H3,30,32,33,34). The van der Waals surface area contributed by atoms with Crippen molar-refractivity contribution in [3.63, 3.8) is 0 Å². The zero-order valence-corrected chi connectivity index (χ0v) is 24.2. The monoisotopic (exact) mass is 543 g/mol. The minimum absolute atomic E-state index is 0.550. The van der Waals surface area contributed by atoms with Gasteiger partial charge >= 0.3 is 0 Å². The lowest BCUT2D eigenvalue weighted by Crippen LogP contribution is -2.49. The maximum absolute atomic E-state index is 6.20. The molecular formula is C29H53N9O. The Kier molecular flexibility index (Phi) is 11.3. The molecule has 0 unspecified atom stereocenters. The predicted molar refractivity (Wildman–Crippen MR) is 160 cm³/mol. The van der Waals surface area contributed by atoms with Crippen LogP contribution in [-0.4, -0.2) is 129 Å². The number of nitrogens with one attached hydrogen (secondary N) is 2. The molecule has 1 aromatic heterocycles. The van der Waals surface area contributed by atoms with Crippen molar-refractivity contribution in [3.05, 3.63) is 6.07 Å². The van der Waals surface area contributed by atoms with Gasteiger partial charge in [0.25, 0.3) is 0 Å². The molecule has 39 heavy (non-hydrogen) atoms. The second-order valence-corrected chi connectivity index (χ2v) is 12.1. The molecule has 1 aliphatic carbocycles. The maximum atomic E-state index is 6.20. The normalized spacial score (nSPS) is 23.3. The van der Waals surface area contributed by atoms with E-state index in [0.29, 0.717) is 17.7 Å². The van der Waals surface area contributed by atoms with Gasteiger partial charge in [0.2, 0.25) is 5.95 Å². The molecule has 0 bridgehead atoms. The number of nitrogens with zero attached hydrogens (tertiary/aromatic N) is 6. The maximum Gasteiger partial charge on any atom is 0.226 e. The van der Waals surface area contributed by atoms with Crippen LogP contribution in [0, 0.1) is 5.92 Å². The SMILES string of the molecule is Nc1cc(N2CCN(CCN3CCOCC3)CC2)nc(NCC2CCN(CCCNC3CCCCC3)CC2)n1. The minimum atomic E-state index is 0.550. The molecular weight excluding hydrogens is 490 g/mol. The molecule has 0 radical (unpaired) electrons. The lowest BCUT2D eigenvalue weighted by molar-refractivity contribution is 0.0331. The molecule has 220 valence electrons.